The predicted molar refractivity (Wildman–Crippen MR) is 83.4 cm³/mol. The maximum Gasteiger partial charge on any atom is 0.273 e. The van der Waals surface area contributed by atoms with Gasteiger partial charge in [-0.25, -0.2) is 0 Å². The summed E-state index contributed by atoms with van der Waals surface area (Å²) < 4.78 is 0. The van der Waals surface area contributed by atoms with Gasteiger partial charge in [-0.3, -0.25) is 10.1 Å². The number of aryl methyl sites for hydroxylation is 1. The Bertz CT molecular complexity index is 642. The van der Waals surface area contributed by atoms with Crippen molar-refractivity contribution in [3.05, 3.63) is 38.9 Å². The monoisotopic (exact) mass is 306 g/mol. The first kappa shape index (κ1) is 15.5. The molecule has 112 valence electrons. The number of nitrogens with zero attached hydrogens (tertiary/aromatic N) is 3. The Hall–Kier alpha value is -1.86. The van der Waals surface area contributed by atoms with Crippen LogP contribution in [0.2, 0.25) is 0 Å². The lowest BCUT2D eigenvalue weighted by Gasteiger charge is -2.10. The van der Waals surface area contributed by atoms with E-state index in [4.69, 9.17) is 0 Å². The van der Waals surface area contributed by atoms with Crippen molar-refractivity contribution in [2.24, 2.45) is 0 Å². The average molecular weight is 306 g/mol. The van der Waals surface area contributed by atoms with Crippen LogP contribution in [0.25, 0.3) is 10.6 Å². The molecule has 1 N–H and O–H groups in total. The van der Waals surface area contributed by atoms with Crippen molar-refractivity contribution in [3.8, 4) is 10.6 Å². The first-order valence-electron chi connectivity index (χ1n) is 6.89. The summed E-state index contributed by atoms with van der Waals surface area (Å²) in [6.45, 7) is 6.73. The molecule has 2 aromatic rings. The highest BCUT2D eigenvalue weighted by Gasteiger charge is 2.17. The molecule has 0 radical (unpaired) electrons. The van der Waals surface area contributed by atoms with Crippen molar-refractivity contribution in [2.75, 3.05) is 6.54 Å². The summed E-state index contributed by atoms with van der Waals surface area (Å²) in [7, 11) is 0. The molecule has 1 heterocycles. The van der Waals surface area contributed by atoms with Crippen LogP contribution in [0.1, 0.15) is 36.9 Å². The van der Waals surface area contributed by atoms with Gasteiger partial charge in [0.15, 0.2) is 0 Å². The lowest BCUT2D eigenvalue weighted by atomic mass is 10.1. The first-order valence-corrected chi connectivity index (χ1v) is 7.70. The zero-order valence-corrected chi connectivity index (χ0v) is 13.1. The molecule has 1 atom stereocenters. The largest absolute Gasteiger partial charge is 0.308 e. The molecule has 0 amide bonds. The van der Waals surface area contributed by atoms with E-state index in [1.54, 1.807) is 19.1 Å². The number of hydrogen-bond donors (Lipinski definition) is 1. The Morgan fingerprint density at radius 2 is 2.14 bits per heavy atom. The van der Waals surface area contributed by atoms with E-state index in [9.17, 15) is 10.1 Å². The maximum atomic E-state index is 11.0. The fourth-order valence-corrected chi connectivity index (χ4v) is 3.08. The zero-order valence-electron chi connectivity index (χ0n) is 12.3. The molecule has 0 aliphatic heterocycles. The Morgan fingerprint density at radius 3 is 2.76 bits per heavy atom. The van der Waals surface area contributed by atoms with Crippen LogP contribution in [0.4, 0.5) is 5.69 Å². The minimum atomic E-state index is -0.367. The summed E-state index contributed by atoms with van der Waals surface area (Å²) >= 11 is 1.48. The molecule has 21 heavy (non-hydrogen) atoms. The third-order valence-electron chi connectivity index (χ3n) is 3.25. The number of benzene rings is 1. The van der Waals surface area contributed by atoms with E-state index >= 15 is 0 Å². The van der Waals surface area contributed by atoms with Crippen LogP contribution in [0.5, 0.6) is 0 Å². The van der Waals surface area contributed by atoms with E-state index in [-0.39, 0.29) is 16.7 Å². The summed E-state index contributed by atoms with van der Waals surface area (Å²) in [4.78, 5) is 10.6. The van der Waals surface area contributed by atoms with Crippen LogP contribution in [-0.4, -0.2) is 21.7 Å². The van der Waals surface area contributed by atoms with Crippen LogP contribution in [0.15, 0.2) is 18.2 Å². The number of nitrogens with one attached hydrogen (secondary N) is 1. The molecular weight excluding hydrogens is 288 g/mol. The summed E-state index contributed by atoms with van der Waals surface area (Å²) in [6, 6.07) is 5.34. The fourth-order valence-electron chi connectivity index (χ4n) is 2.08. The van der Waals surface area contributed by atoms with Gasteiger partial charge in [0.25, 0.3) is 5.69 Å². The number of hydrogen-bond acceptors (Lipinski definition) is 6. The summed E-state index contributed by atoms with van der Waals surface area (Å²) in [5.41, 5.74) is 1.50. The van der Waals surface area contributed by atoms with Gasteiger partial charge >= 0.3 is 0 Å². The van der Waals surface area contributed by atoms with Crippen LogP contribution in [0.3, 0.4) is 0 Å². The van der Waals surface area contributed by atoms with E-state index in [0.29, 0.717) is 10.6 Å². The Morgan fingerprint density at radius 1 is 1.38 bits per heavy atom. The SMILES string of the molecule is CCNC(CC)c1nnc(-c2ccc(C)c([N+](=O)[O-])c2)s1. The zero-order chi connectivity index (χ0) is 15.4. The summed E-state index contributed by atoms with van der Waals surface area (Å²) in [5, 5.41) is 24.4. The molecule has 0 bridgehead atoms. The highest BCUT2D eigenvalue weighted by atomic mass is 32.1. The van der Waals surface area contributed by atoms with Crippen LogP contribution < -0.4 is 5.32 Å². The van der Waals surface area contributed by atoms with Crippen molar-refractivity contribution >= 4 is 17.0 Å². The normalized spacial score (nSPS) is 12.3. The van der Waals surface area contributed by atoms with Gasteiger partial charge < -0.3 is 5.32 Å². The predicted octanol–water partition coefficient (Wildman–Crippen LogP) is 3.48. The molecule has 7 heteroatoms. The van der Waals surface area contributed by atoms with Gasteiger partial charge in [0, 0.05) is 17.2 Å². The molecule has 2 rings (SSSR count). The smallest absolute Gasteiger partial charge is 0.273 e. The molecule has 0 aliphatic rings. The average Bonchev–Trinajstić information content (AvgIpc) is 2.94. The molecule has 0 fully saturated rings. The lowest BCUT2D eigenvalue weighted by Crippen LogP contribution is -2.19. The molecule has 0 saturated carbocycles. The molecule has 1 aromatic heterocycles. The van der Waals surface area contributed by atoms with Crippen molar-refractivity contribution in [1.82, 2.24) is 15.5 Å². The van der Waals surface area contributed by atoms with Crippen molar-refractivity contribution in [1.29, 1.82) is 0 Å². The minimum absolute atomic E-state index is 0.114. The topological polar surface area (TPSA) is 81.0 Å². The molecule has 1 aromatic carbocycles. The Labute approximate surface area is 127 Å². The van der Waals surface area contributed by atoms with Gasteiger partial charge in [0.05, 0.1) is 11.0 Å². The molecule has 0 saturated heterocycles. The summed E-state index contributed by atoms with van der Waals surface area (Å²) in [6.07, 6.45) is 0.927. The van der Waals surface area contributed by atoms with Gasteiger partial charge in [-0.05, 0) is 19.9 Å². The van der Waals surface area contributed by atoms with E-state index < -0.39 is 0 Å². The van der Waals surface area contributed by atoms with Crippen LogP contribution in [-0.2, 0) is 0 Å². The number of rotatable bonds is 6. The second kappa shape index (κ2) is 6.73. The van der Waals surface area contributed by atoms with Crippen LogP contribution in [0, 0.1) is 17.0 Å². The second-order valence-electron chi connectivity index (χ2n) is 4.72. The van der Waals surface area contributed by atoms with Gasteiger partial charge in [0.1, 0.15) is 10.0 Å². The molecule has 0 spiro atoms. The Balaban J connectivity index is 2.33. The minimum Gasteiger partial charge on any atom is -0.308 e. The van der Waals surface area contributed by atoms with Gasteiger partial charge in [0.2, 0.25) is 0 Å². The van der Waals surface area contributed by atoms with E-state index in [2.05, 4.69) is 22.4 Å². The first-order chi connectivity index (χ1) is 10.1. The van der Waals surface area contributed by atoms with Crippen molar-refractivity contribution in [2.45, 2.75) is 33.2 Å². The standard InChI is InChI=1S/C14H18N4O2S/c1-4-11(15-5-2)14-17-16-13(21-14)10-7-6-9(3)12(8-10)18(19)20/h6-8,11,15H,4-5H2,1-3H3. The quantitative estimate of drug-likeness (QED) is 0.652. The maximum absolute atomic E-state index is 11.0. The Kier molecular flexibility index (Phi) is 4.98. The number of nitro groups is 1. The lowest BCUT2D eigenvalue weighted by molar-refractivity contribution is -0.385. The summed E-state index contributed by atoms with van der Waals surface area (Å²) in [5.74, 6) is 0. The van der Waals surface area contributed by atoms with E-state index in [1.807, 2.05) is 13.0 Å². The molecule has 6 nitrogen and oxygen atoms in total. The van der Waals surface area contributed by atoms with E-state index in [0.717, 1.165) is 23.5 Å². The van der Waals surface area contributed by atoms with Gasteiger partial charge in [-0.1, -0.05) is 37.3 Å². The molecule has 0 aliphatic carbocycles. The van der Waals surface area contributed by atoms with Gasteiger partial charge in [-0.2, -0.15) is 0 Å². The third kappa shape index (κ3) is 3.43. The number of aromatic nitrogens is 2. The second-order valence-corrected chi connectivity index (χ2v) is 5.73. The third-order valence-corrected chi connectivity index (χ3v) is 4.34. The molecular formula is C14H18N4O2S. The van der Waals surface area contributed by atoms with Crippen molar-refractivity contribution < 1.29 is 4.92 Å². The highest BCUT2D eigenvalue weighted by Crippen LogP contribution is 2.31. The van der Waals surface area contributed by atoms with Gasteiger partial charge in [-0.15, -0.1) is 10.2 Å². The highest BCUT2D eigenvalue weighted by molar-refractivity contribution is 7.14. The van der Waals surface area contributed by atoms with E-state index in [1.165, 1.54) is 11.3 Å². The fraction of sp³-hybridized carbons (Fsp3) is 0.429. The van der Waals surface area contributed by atoms with Crippen molar-refractivity contribution in [3.63, 3.8) is 0 Å². The van der Waals surface area contributed by atoms with Crippen LogP contribution >= 0.6 is 11.3 Å². The number of nitro benzene ring substituents is 1. The molecule has 1 unspecified atom stereocenters.